The van der Waals surface area contributed by atoms with Crippen molar-refractivity contribution >= 4 is 11.6 Å². The van der Waals surface area contributed by atoms with Crippen molar-refractivity contribution in [1.82, 2.24) is 20.3 Å². The second-order valence-electron chi connectivity index (χ2n) is 8.68. The lowest BCUT2D eigenvalue weighted by molar-refractivity contribution is -0.116. The van der Waals surface area contributed by atoms with Crippen LogP contribution in [-0.4, -0.2) is 37.9 Å². The Morgan fingerprint density at radius 3 is 2.30 bits per heavy atom. The van der Waals surface area contributed by atoms with E-state index in [0.717, 1.165) is 5.56 Å². The SMILES string of the molecule is CCC(Oc1ccc(-c2noc(C(C)C)n2)cc1)c1nc(-c2ccc(NC(=O)CCCO)c(F)c2)no1. The fraction of sp³-hybridized carbons (Fsp3) is 0.346. The van der Waals surface area contributed by atoms with Crippen molar-refractivity contribution in [2.75, 3.05) is 11.9 Å². The van der Waals surface area contributed by atoms with E-state index >= 15 is 0 Å². The number of aliphatic hydroxyl groups is 1. The highest BCUT2D eigenvalue weighted by molar-refractivity contribution is 5.91. The van der Waals surface area contributed by atoms with Crippen molar-refractivity contribution in [3.05, 3.63) is 60.1 Å². The smallest absolute Gasteiger partial charge is 0.268 e. The van der Waals surface area contributed by atoms with Crippen molar-refractivity contribution in [3.8, 4) is 28.5 Å². The summed E-state index contributed by atoms with van der Waals surface area (Å²) >= 11 is 0. The van der Waals surface area contributed by atoms with Gasteiger partial charge in [-0.15, -0.1) is 0 Å². The summed E-state index contributed by atoms with van der Waals surface area (Å²) in [4.78, 5) is 20.6. The van der Waals surface area contributed by atoms with Gasteiger partial charge in [-0.2, -0.15) is 9.97 Å². The largest absolute Gasteiger partial charge is 0.481 e. The number of ether oxygens (including phenoxy) is 1. The molecule has 11 heteroatoms. The van der Waals surface area contributed by atoms with Gasteiger partial charge in [-0.25, -0.2) is 4.39 Å². The molecule has 1 amide bonds. The highest BCUT2D eigenvalue weighted by Crippen LogP contribution is 2.29. The fourth-order valence-electron chi connectivity index (χ4n) is 3.43. The number of anilines is 1. The van der Waals surface area contributed by atoms with Gasteiger partial charge in [0.25, 0.3) is 5.89 Å². The van der Waals surface area contributed by atoms with Crippen LogP contribution in [0.15, 0.2) is 51.5 Å². The predicted molar refractivity (Wildman–Crippen MR) is 132 cm³/mol. The highest BCUT2D eigenvalue weighted by Gasteiger charge is 2.21. The van der Waals surface area contributed by atoms with Crippen LogP contribution in [0.1, 0.15) is 63.8 Å². The number of benzene rings is 2. The lowest BCUT2D eigenvalue weighted by atomic mass is 10.1. The Kier molecular flexibility index (Phi) is 8.24. The Labute approximate surface area is 212 Å². The first kappa shape index (κ1) is 26.0. The van der Waals surface area contributed by atoms with Crippen molar-refractivity contribution in [1.29, 1.82) is 0 Å². The number of hydrogen-bond donors (Lipinski definition) is 2. The molecule has 0 aliphatic heterocycles. The molecule has 0 spiro atoms. The zero-order chi connectivity index (χ0) is 26.4. The van der Waals surface area contributed by atoms with Crippen LogP contribution in [-0.2, 0) is 4.79 Å². The van der Waals surface area contributed by atoms with E-state index in [-0.39, 0.29) is 42.3 Å². The molecule has 0 saturated carbocycles. The maximum absolute atomic E-state index is 14.5. The average Bonchev–Trinajstić information content (AvgIpc) is 3.58. The number of nitrogens with zero attached hydrogens (tertiary/aromatic N) is 4. The van der Waals surface area contributed by atoms with E-state index in [9.17, 15) is 9.18 Å². The molecule has 2 heterocycles. The zero-order valence-electron chi connectivity index (χ0n) is 20.8. The van der Waals surface area contributed by atoms with Gasteiger partial charge >= 0.3 is 0 Å². The number of carbonyl (C=O) groups is 1. The van der Waals surface area contributed by atoms with E-state index in [1.54, 1.807) is 18.2 Å². The first-order valence-corrected chi connectivity index (χ1v) is 12.0. The van der Waals surface area contributed by atoms with Crippen molar-refractivity contribution in [2.24, 2.45) is 0 Å². The van der Waals surface area contributed by atoms with Crippen LogP contribution in [0, 0.1) is 5.82 Å². The van der Waals surface area contributed by atoms with Gasteiger partial charge in [0, 0.05) is 30.1 Å². The lowest BCUT2D eigenvalue weighted by Gasteiger charge is -2.13. The van der Waals surface area contributed by atoms with Gasteiger partial charge in [-0.3, -0.25) is 4.79 Å². The summed E-state index contributed by atoms with van der Waals surface area (Å²) < 4.78 is 31.3. The number of aromatic nitrogens is 4. The molecule has 4 aromatic rings. The second kappa shape index (κ2) is 11.7. The van der Waals surface area contributed by atoms with Crippen LogP contribution in [0.2, 0.25) is 0 Å². The van der Waals surface area contributed by atoms with Gasteiger partial charge in [0.15, 0.2) is 6.10 Å². The quantitative estimate of drug-likeness (QED) is 0.276. The molecular weight excluding hydrogens is 481 g/mol. The number of amides is 1. The molecule has 2 aromatic heterocycles. The minimum Gasteiger partial charge on any atom is -0.481 e. The molecule has 0 aliphatic rings. The van der Waals surface area contributed by atoms with Crippen molar-refractivity contribution in [3.63, 3.8) is 0 Å². The molecule has 0 fully saturated rings. The monoisotopic (exact) mass is 509 g/mol. The molecule has 2 N–H and O–H groups in total. The molecule has 0 bridgehead atoms. The fourth-order valence-corrected chi connectivity index (χ4v) is 3.43. The topological polar surface area (TPSA) is 136 Å². The molecule has 1 atom stereocenters. The summed E-state index contributed by atoms with van der Waals surface area (Å²) in [6, 6.07) is 11.5. The number of carbonyl (C=O) groups excluding carboxylic acids is 1. The molecule has 10 nitrogen and oxygen atoms in total. The third-order valence-corrected chi connectivity index (χ3v) is 5.48. The van der Waals surface area contributed by atoms with E-state index in [4.69, 9.17) is 18.9 Å². The lowest BCUT2D eigenvalue weighted by Crippen LogP contribution is -2.12. The van der Waals surface area contributed by atoms with Crippen LogP contribution in [0.3, 0.4) is 0 Å². The van der Waals surface area contributed by atoms with E-state index in [1.165, 1.54) is 12.1 Å². The van der Waals surface area contributed by atoms with Crippen LogP contribution in [0.5, 0.6) is 5.75 Å². The first-order valence-electron chi connectivity index (χ1n) is 12.0. The van der Waals surface area contributed by atoms with Crippen molar-refractivity contribution < 1.29 is 28.1 Å². The maximum atomic E-state index is 14.5. The summed E-state index contributed by atoms with van der Waals surface area (Å²) in [7, 11) is 0. The number of hydrogen-bond acceptors (Lipinski definition) is 9. The highest BCUT2D eigenvalue weighted by atomic mass is 19.1. The molecule has 0 radical (unpaired) electrons. The standard InChI is InChI=1S/C26H28FN5O5/c1-4-21(35-18-10-7-16(8-11-18)23-29-25(15(2)3)36-31-23)26-30-24(32-37-26)17-9-12-20(19(27)14-17)28-22(34)6-5-13-33/h7-12,14-15,21,33H,4-6,13H2,1-3H3,(H,28,34). The molecule has 0 saturated heterocycles. The summed E-state index contributed by atoms with van der Waals surface area (Å²) in [6.45, 7) is 5.77. The van der Waals surface area contributed by atoms with Crippen LogP contribution in [0.25, 0.3) is 22.8 Å². The number of halogens is 1. The molecule has 0 aliphatic carbocycles. The third kappa shape index (κ3) is 6.36. The molecule has 194 valence electrons. The Bertz CT molecular complexity index is 1340. The Morgan fingerprint density at radius 2 is 1.68 bits per heavy atom. The Hall–Kier alpha value is -4.12. The van der Waals surface area contributed by atoms with Gasteiger partial charge in [-0.1, -0.05) is 31.1 Å². The molecule has 2 aromatic carbocycles. The van der Waals surface area contributed by atoms with Gasteiger partial charge in [0.05, 0.1) is 5.69 Å². The summed E-state index contributed by atoms with van der Waals surface area (Å²) in [6.07, 6.45) is 0.446. The van der Waals surface area contributed by atoms with Crippen LogP contribution in [0.4, 0.5) is 10.1 Å². The minimum absolute atomic E-state index is 0.0369. The molecule has 1 unspecified atom stereocenters. The molecular formula is C26H28FN5O5. The number of aliphatic hydroxyl groups excluding tert-OH is 1. The summed E-state index contributed by atoms with van der Waals surface area (Å²) in [5, 5.41) is 19.3. The van der Waals surface area contributed by atoms with Crippen LogP contribution < -0.4 is 10.1 Å². The maximum Gasteiger partial charge on any atom is 0.268 e. The van der Waals surface area contributed by atoms with Crippen LogP contribution >= 0.6 is 0 Å². The number of nitrogens with one attached hydrogen (secondary N) is 1. The molecule has 37 heavy (non-hydrogen) atoms. The van der Waals surface area contributed by atoms with Gasteiger partial charge < -0.3 is 24.2 Å². The Morgan fingerprint density at radius 1 is 1.03 bits per heavy atom. The first-order chi connectivity index (χ1) is 17.9. The average molecular weight is 510 g/mol. The summed E-state index contributed by atoms with van der Waals surface area (Å²) in [5.41, 5.74) is 1.22. The third-order valence-electron chi connectivity index (χ3n) is 5.48. The minimum atomic E-state index is -0.633. The van der Waals surface area contributed by atoms with E-state index in [1.807, 2.05) is 32.9 Å². The summed E-state index contributed by atoms with van der Waals surface area (Å²) in [5.74, 6) is 1.26. The predicted octanol–water partition coefficient (Wildman–Crippen LogP) is 5.29. The van der Waals surface area contributed by atoms with E-state index < -0.39 is 11.9 Å². The van der Waals surface area contributed by atoms with E-state index in [0.29, 0.717) is 35.9 Å². The number of rotatable bonds is 11. The van der Waals surface area contributed by atoms with Gasteiger partial charge in [-0.05, 0) is 55.3 Å². The molecule has 4 rings (SSSR count). The van der Waals surface area contributed by atoms with Gasteiger partial charge in [0.2, 0.25) is 23.4 Å². The Balaban J connectivity index is 1.43. The second-order valence-corrected chi connectivity index (χ2v) is 8.68. The zero-order valence-corrected chi connectivity index (χ0v) is 20.8. The normalized spacial score (nSPS) is 12.1. The van der Waals surface area contributed by atoms with Crippen molar-refractivity contribution in [2.45, 2.75) is 52.1 Å². The van der Waals surface area contributed by atoms with Gasteiger partial charge in [0.1, 0.15) is 11.6 Å². The van der Waals surface area contributed by atoms with E-state index in [2.05, 4.69) is 25.6 Å².